The number of nitrogen functional groups attached to an aromatic ring is 1. The van der Waals surface area contributed by atoms with Crippen LogP contribution >= 0.6 is 0 Å². The van der Waals surface area contributed by atoms with Crippen molar-refractivity contribution in [1.82, 2.24) is 14.5 Å². The summed E-state index contributed by atoms with van der Waals surface area (Å²) in [6.07, 6.45) is 3.73. The fourth-order valence-electron chi connectivity index (χ4n) is 2.08. The third kappa shape index (κ3) is 1.52. The van der Waals surface area contributed by atoms with Gasteiger partial charge in [-0.1, -0.05) is 0 Å². The van der Waals surface area contributed by atoms with Gasteiger partial charge in [0.15, 0.2) is 0 Å². The van der Waals surface area contributed by atoms with E-state index in [0.717, 1.165) is 5.39 Å². The molecule has 18 heavy (non-hydrogen) atoms. The Balaban J connectivity index is 2.10. The number of aliphatic hydroxyl groups excluding tert-OH is 2. The lowest BCUT2D eigenvalue weighted by Crippen LogP contribution is -2.19. The summed E-state index contributed by atoms with van der Waals surface area (Å²) in [5.74, 6) is 0.731. The van der Waals surface area contributed by atoms with Crippen molar-refractivity contribution in [2.24, 2.45) is 0 Å². The molecule has 0 spiro atoms. The van der Waals surface area contributed by atoms with Gasteiger partial charge in [0.1, 0.15) is 36.2 Å². The monoisotopic (exact) mass is 248 g/mol. The largest absolute Gasteiger partial charge is 0.465 e. The van der Waals surface area contributed by atoms with E-state index in [2.05, 4.69) is 9.97 Å². The number of aliphatic hydroxyl groups is 2. The van der Waals surface area contributed by atoms with E-state index in [4.69, 9.17) is 15.6 Å². The van der Waals surface area contributed by atoms with Gasteiger partial charge in [0, 0.05) is 6.20 Å². The highest BCUT2D eigenvalue weighted by Gasteiger charge is 2.29. The van der Waals surface area contributed by atoms with Gasteiger partial charge in [-0.25, -0.2) is 9.97 Å². The van der Waals surface area contributed by atoms with Crippen LogP contribution < -0.4 is 5.73 Å². The molecule has 0 aromatic carbocycles. The van der Waals surface area contributed by atoms with Crippen molar-refractivity contribution in [3.63, 3.8) is 0 Å². The van der Waals surface area contributed by atoms with Gasteiger partial charge in [-0.15, -0.1) is 0 Å². The van der Waals surface area contributed by atoms with Gasteiger partial charge in [-0.2, -0.15) is 0 Å². The first-order chi connectivity index (χ1) is 8.70. The smallest absolute Gasteiger partial charge is 0.221 e. The predicted molar refractivity (Wildman–Crippen MR) is 63.2 cm³/mol. The minimum atomic E-state index is -1.04. The predicted octanol–water partition coefficient (Wildman–Crippen LogP) is -0.221. The van der Waals surface area contributed by atoms with E-state index in [-0.39, 0.29) is 6.61 Å². The van der Waals surface area contributed by atoms with E-state index in [9.17, 15) is 5.11 Å². The molecule has 94 valence electrons. The van der Waals surface area contributed by atoms with Crippen LogP contribution in [0.3, 0.4) is 0 Å². The molecule has 0 bridgehead atoms. The minimum Gasteiger partial charge on any atom is -0.465 e. The van der Waals surface area contributed by atoms with E-state index in [1.54, 1.807) is 22.9 Å². The van der Waals surface area contributed by atoms with Crippen LogP contribution in [0.15, 0.2) is 30.4 Å². The first-order valence-corrected chi connectivity index (χ1v) is 5.44. The Morgan fingerprint density at radius 2 is 2.28 bits per heavy atom. The number of nitrogens with two attached hydrogens (primary N) is 1. The Hall–Kier alpha value is -2.12. The number of hydrogen-bond acceptors (Lipinski definition) is 6. The SMILES string of the molecule is Nc1ncnc2c1ccn2C1C=C(CO)O[C@@H]1O. The van der Waals surface area contributed by atoms with Crippen molar-refractivity contribution in [3.05, 3.63) is 30.4 Å². The molecular weight excluding hydrogens is 236 g/mol. The summed E-state index contributed by atoms with van der Waals surface area (Å²) in [4.78, 5) is 8.05. The molecule has 4 N–H and O–H groups in total. The van der Waals surface area contributed by atoms with Gasteiger partial charge < -0.3 is 25.3 Å². The fourth-order valence-corrected chi connectivity index (χ4v) is 2.08. The van der Waals surface area contributed by atoms with Crippen molar-refractivity contribution in [1.29, 1.82) is 0 Å². The van der Waals surface area contributed by atoms with Crippen LogP contribution in [0.1, 0.15) is 6.04 Å². The van der Waals surface area contributed by atoms with Crippen LogP contribution in [0.25, 0.3) is 11.0 Å². The van der Waals surface area contributed by atoms with E-state index < -0.39 is 12.3 Å². The zero-order valence-electron chi connectivity index (χ0n) is 9.39. The van der Waals surface area contributed by atoms with Crippen LogP contribution in [0.5, 0.6) is 0 Å². The molecule has 3 rings (SSSR count). The highest BCUT2D eigenvalue weighted by molar-refractivity contribution is 5.86. The van der Waals surface area contributed by atoms with Crippen molar-refractivity contribution in [3.8, 4) is 0 Å². The lowest BCUT2D eigenvalue weighted by atomic mass is 10.3. The van der Waals surface area contributed by atoms with E-state index in [0.29, 0.717) is 17.2 Å². The normalized spacial score (nSPS) is 23.1. The third-order valence-electron chi connectivity index (χ3n) is 2.94. The lowest BCUT2D eigenvalue weighted by molar-refractivity contribution is -0.0731. The topological polar surface area (TPSA) is 106 Å². The molecule has 1 unspecified atom stereocenters. The molecule has 7 nitrogen and oxygen atoms in total. The lowest BCUT2D eigenvalue weighted by Gasteiger charge is -2.15. The number of hydrogen-bond donors (Lipinski definition) is 3. The number of anilines is 1. The highest BCUT2D eigenvalue weighted by Crippen LogP contribution is 2.30. The average molecular weight is 248 g/mol. The number of nitrogens with zero attached hydrogens (tertiary/aromatic N) is 3. The summed E-state index contributed by atoms with van der Waals surface area (Å²) < 4.78 is 6.83. The van der Waals surface area contributed by atoms with Gasteiger partial charge in [0.2, 0.25) is 6.29 Å². The highest BCUT2D eigenvalue weighted by atomic mass is 16.6. The molecular formula is C11H12N4O3. The average Bonchev–Trinajstić information content (AvgIpc) is 2.93. The Morgan fingerprint density at radius 3 is 3.00 bits per heavy atom. The Bertz CT molecular complexity index is 622. The summed E-state index contributed by atoms with van der Waals surface area (Å²) in [5.41, 5.74) is 6.36. The van der Waals surface area contributed by atoms with Crippen LogP contribution in [0.4, 0.5) is 5.82 Å². The zero-order valence-corrected chi connectivity index (χ0v) is 9.39. The van der Waals surface area contributed by atoms with Gasteiger partial charge in [0.05, 0.1) is 5.39 Å². The molecule has 7 heteroatoms. The van der Waals surface area contributed by atoms with Gasteiger partial charge >= 0.3 is 0 Å². The Labute approximate surface area is 102 Å². The molecule has 2 atom stereocenters. The second-order valence-corrected chi connectivity index (χ2v) is 4.01. The van der Waals surface area contributed by atoms with Crippen molar-refractivity contribution in [2.75, 3.05) is 12.3 Å². The van der Waals surface area contributed by atoms with Crippen molar-refractivity contribution < 1.29 is 14.9 Å². The first-order valence-electron chi connectivity index (χ1n) is 5.44. The van der Waals surface area contributed by atoms with Crippen LogP contribution in [-0.2, 0) is 4.74 Å². The van der Waals surface area contributed by atoms with Crippen molar-refractivity contribution in [2.45, 2.75) is 12.3 Å². The molecule has 0 fully saturated rings. The summed E-state index contributed by atoms with van der Waals surface area (Å²) in [6.45, 7) is -0.246. The summed E-state index contributed by atoms with van der Waals surface area (Å²) >= 11 is 0. The van der Waals surface area contributed by atoms with Crippen molar-refractivity contribution >= 4 is 16.9 Å². The molecule has 0 aliphatic carbocycles. The second kappa shape index (κ2) is 3.97. The number of ether oxygens (including phenoxy) is 1. The molecule has 1 aliphatic rings. The standard InChI is InChI=1S/C11H12N4O3/c12-9-7-1-2-15(10(7)14-5-13-9)8-3-6(4-16)18-11(8)17/h1-3,5,8,11,16-17H,4H2,(H2,12,13,14)/t8?,11-/m0/s1. The first kappa shape index (κ1) is 11.0. The Morgan fingerprint density at radius 1 is 1.44 bits per heavy atom. The number of aromatic nitrogens is 3. The molecule has 0 amide bonds. The van der Waals surface area contributed by atoms with Gasteiger partial charge in [-0.05, 0) is 12.1 Å². The quantitative estimate of drug-likeness (QED) is 0.678. The maximum absolute atomic E-state index is 9.81. The maximum atomic E-state index is 9.81. The van der Waals surface area contributed by atoms with E-state index >= 15 is 0 Å². The van der Waals surface area contributed by atoms with E-state index in [1.165, 1.54) is 6.33 Å². The molecule has 0 saturated heterocycles. The summed E-state index contributed by atoms with van der Waals surface area (Å²) in [6, 6.07) is 1.35. The molecule has 3 heterocycles. The number of fused-ring (bicyclic) bond motifs is 1. The van der Waals surface area contributed by atoms with Crippen LogP contribution in [0, 0.1) is 0 Å². The molecule has 0 radical (unpaired) electrons. The summed E-state index contributed by atoms with van der Waals surface area (Å²) in [5, 5.41) is 19.5. The Kier molecular flexibility index (Phi) is 2.42. The van der Waals surface area contributed by atoms with Gasteiger partial charge in [-0.3, -0.25) is 0 Å². The number of rotatable bonds is 2. The van der Waals surface area contributed by atoms with E-state index in [1.807, 2.05) is 0 Å². The van der Waals surface area contributed by atoms with Crippen LogP contribution in [-0.4, -0.2) is 37.6 Å². The molecule has 0 saturated carbocycles. The molecule has 1 aliphatic heterocycles. The molecule has 2 aromatic rings. The fraction of sp³-hybridized carbons (Fsp3) is 0.273. The third-order valence-corrected chi connectivity index (χ3v) is 2.94. The zero-order chi connectivity index (χ0) is 12.7. The molecule has 2 aromatic heterocycles. The van der Waals surface area contributed by atoms with Crippen LogP contribution in [0.2, 0.25) is 0 Å². The second-order valence-electron chi connectivity index (χ2n) is 4.01. The summed E-state index contributed by atoms with van der Waals surface area (Å²) in [7, 11) is 0. The minimum absolute atomic E-state index is 0.246. The maximum Gasteiger partial charge on any atom is 0.221 e. The van der Waals surface area contributed by atoms with Gasteiger partial charge in [0.25, 0.3) is 0 Å².